The maximum absolute atomic E-state index is 11.4. The Balaban J connectivity index is 3.31. The molecular formula is C16H24N2O4. The van der Waals surface area contributed by atoms with E-state index in [1.807, 2.05) is 51.1 Å². The number of carboxylic acid groups (broad SMARTS) is 2. The first-order valence-electron chi connectivity index (χ1n) is 7.13. The van der Waals surface area contributed by atoms with E-state index in [1.165, 1.54) is 0 Å². The molecule has 2 amide bonds. The Hall–Kier alpha value is -2.24. The zero-order valence-electron chi connectivity index (χ0n) is 13.4. The van der Waals surface area contributed by atoms with Crippen molar-refractivity contribution in [3.63, 3.8) is 0 Å². The van der Waals surface area contributed by atoms with Crippen molar-refractivity contribution in [1.29, 1.82) is 0 Å². The number of hydrogen-bond donors (Lipinski definition) is 4. The smallest absolute Gasteiger partial charge is 0.405 e. The normalized spacial score (nSPS) is 15.5. The van der Waals surface area contributed by atoms with Gasteiger partial charge in [-0.3, -0.25) is 0 Å². The third-order valence-electron chi connectivity index (χ3n) is 4.07. The Morgan fingerprint density at radius 3 is 2.05 bits per heavy atom. The van der Waals surface area contributed by atoms with Crippen LogP contribution < -0.4 is 10.6 Å². The highest BCUT2D eigenvalue weighted by atomic mass is 16.4. The van der Waals surface area contributed by atoms with Crippen molar-refractivity contribution < 1.29 is 19.8 Å². The summed E-state index contributed by atoms with van der Waals surface area (Å²) in [6, 6.07) is 8.82. The highest BCUT2D eigenvalue weighted by molar-refractivity contribution is 5.68. The lowest BCUT2D eigenvalue weighted by Crippen LogP contribution is -2.68. The lowest BCUT2D eigenvalue weighted by atomic mass is 9.66. The van der Waals surface area contributed by atoms with Crippen LogP contribution in [-0.4, -0.2) is 34.0 Å². The summed E-state index contributed by atoms with van der Waals surface area (Å²) >= 11 is 0. The summed E-state index contributed by atoms with van der Waals surface area (Å²) in [6.07, 6.45) is -1.98. The van der Waals surface area contributed by atoms with Crippen molar-refractivity contribution in [3.8, 4) is 0 Å². The van der Waals surface area contributed by atoms with Crippen molar-refractivity contribution in [2.75, 3.05) is 0 Å². The second-order valence-corrected chi connectivity index (χ2v) is 6.49. The van der Waals surface area contributed by atoms with Crippen LogP contribution in [0.2, 0.25) is 0 Å². The maximum Gasteiger partial charge on any atom is 0.405 e. The van der Waals surface area contributed by atoms with Crippen LogP contribution in [0.25, 0.3) is 0 Å². The first-order chi connectivity index (χ1) is 10.1. The molecule has 0 bridgehead atoms. The van der Waals surface area contributed by atoms with Gasteiger partial charge in [0.15, 0.2) is 0 Å². The van der Waals surface area contributed by atoms with Gasteiger partial charge >= 0.3 is 12.2 Å². The quantitative estimate of drug-likeness (QED) is 0.672. The zero-order chi connectivity index (χ0) is 17.0. The lowest BCUT2D eigenvalue weighted by Gasteiger charge is -2.48. The van der Waals surface area contributed by atoms with Crippen LogP contribution in [0.3, 0.4) is 0 Å². The van der Waals surface area contributed by atoms with Gasteiger partial charge in [0.25, 0.3) is 0 Å². The molecule has 6 nitrogen and oxygen atoms in total. The Morgan fingerprint density at radius 2 is 1.64 bits per heavy atom. The summed E-state index contributed by atoms with van der Waals surface area (Å²) in [7, 11) is 0. The van der Waals surface area contributed by atoms with Crippen LogP contribution in [0, 0.1) is 5.41 Å². The van der Waals surface area contributed by atoms with E-state index in [2.05, 4.69) is 10.6 Å². The third kappa shape index (κ3) is 4.13. The molecule has 0 heterocycles. The minimum Gasteiger partial charge on any atom is -0.465 e. The van der Waals surface area contributed by atoms with Gasteiger partial charge in [-0.2, -0.15) is 0 Å². The molecule has 122 valence electrons. The molecule has 4 N–H and O–H groups in total. The zero-order valence-corrected chi connectivity index (χ0v) is 13.4. The highest BCUT2D eigenvalue weighted by Gasteiger charge is 2.48. The number of hydrogen-bond acceptors (Lipinski definition) is 2. The molecule has 0 aliphatic heterocycles. The minimum absolute atomic E-state index is 0.380. The summed E-state index contributed by atoms with van der Waals surface area (Å²) in [6.45, 7) is 7.36. The third-order valence-corrected chi connectivity index (χ3v) is 4.07. The van der Waals surface area contributed by atoms with E-state index in [4.69, 9.17) is 5.11 Å². The molecule has 2 atom stereocenters. The molecule has 0 radical (unpaired) electrons. The van der Waals surface area contributed by atoms with Crippen LogP contribution in [0.15, 0.2) is 30.3 Å². The molecule has 1 aromatic rings. The second-order valence-electron chi connectivity index (χ2n) is 6.49. The van der Waals surface area contributed by atoms with E-state index < -0.39 is 29.2 Å². The van der Waals surface area contributed by atoms with Gasteiger partial charge < -0.3 is 20.8 Å². The van der Waals surface area contributed by atoms with E-state index in [0.717, 1.165) is 5.56 Å². The van der Waals surface area contributed by atoms with Gasteiger partial charge in [0.2, 0.25) is 0 Å². The Morgan fingerprint density at radius 1 is 1.09 bits per heavy atom. The molecule has 22 heavy (non-hydrogen) atoms. The molecule has 0 fully saturated rings. The first kappa shape index (κ1) is 17.8. The molecule has 6 heteroatoms. The summed E-state index contributed by atoms with van der Waals surface area (Å²) in [5.74, 6) is 0. The van der Waals surface area contributed by atoms with Gasteiger partial charge in [0.05, 0.1) is 11.6 Å². The van der Waals surface area contributed by atoms with Crippen molar-refractivity contribution in [1.82, 2.24) is 10.6 Å². The molecule has 1 rings (SSSR count). The molecular weight excluding hydrogens is 284 g/mol. The molecule has 1 aromatic carbocycles. The molecule has 1 unspecified atom stereocenters. The number of nitrogens with one attached hydrogen (secondary N) is 2. The van der Waals surface area contributed by atoms with E-state index in [9.17, 15) is 14.7 Å². The van der Waals surface area contributed by atoms with Crippen LogP contribution in [0.1, 0.15) is 33.3 Å². The van der Waals surface area contributed by atoms with E-state index in [1.54, 1.807) is 6.92 Å². The van der Waals surface area contributed by atoms with Crippen LogP contribution in [0.5, 0.6) is 0 Å². The van der Waals surface area contributed by atoms with Gasteiger partial charge in [-0.1, -0.05) is 51.1 Å². The fraction of sp³-hybridized carbons (Fsp3) is 0.500. The average Bonchev–Trinajstić information content (AvgIpc) is 2.36. The second kappa shape index (κ2) is 6.68. The molecule has 0 saturated heterocycles. The van der Waals surface area contributed by atoms with Crippen molar-refractivity contribution >= 4 is 12.2 Å². The Labute approximate surface area is 130 Å². The summed E-state index contributed by atoms with van der Waals surface area (Å²) < 4.78 is 0. The highest BCUT2D eigenvalue weighted by Crippen LogP contribution is 2.36. The average molecular weight is 308 g/mol. The predicted octanol–water partition coefficient (Wildman–Crippen LogP) is 2.94. The van der Waals surface area contributed by atoms with Gasteiger partial charge in [0.1, 0.15) is 0 Å². The predicted molar refractivity (Wildman–Crippen MR) is 84.1 cm³/mol. The minimum atomic E-state index is -1.18. The van der Waals surface area contributed by atoms with Crippen molar-refractivity contribution in [2.24, 2.45) is 5.41 Å². The standard InChI is InChI=1S/C16H24N2O4/c1-11(17-13(19)20)16(15(2,3)4,18-14(21)22)10-12-8-6-5-7-9-12/h5-9,11,17-18H,10H2,1-4H3,(H,19,20)(H,21,22)/t11?,16-/m0/s1. The lowest BCUT2D eigenvalue weighted by molar-refractivity contribution is 0.0850. The van der Waals surface area contributed by atoms with Gasteiger partial charge in [-0.25, -0.2) is 9.59 Å². The Bertz CT molecular complexity index is 525. The van der Waals surface area contributed by atoms with E-state index in [0.29, 0.717) is 6.42 Å². The van der Waals surface area contributed by atoms with Crippen LogP contribution in [0.4, 0.5) is 9.59 Å². The SMILES string of the molecule is CC(NC(=O)O)[C@](Cc1ccccc1)(NC(=O)O)C(C)(C)C. The summed E-state index contributed by atoms with van der Waals surface area (Å²) in [5.41, 5.74) is -0.563. The summed E-state index contributed by atoms with van der Waals surface area (Å²) in [4.78, 5) is 22.4. The number of benzene rings is 1. The fourth-order valence-electron chi connectivity index (χ4n) is 2.82. The number of carbonyl (C=O) groups is 2. The fourth-order valence-corrected chi connectivity index (χ4v) is 2.82. The van der Waals surface area contributed by atoms with Crippen molar-refractivity contribution in [3.05, 3.63) is 35.9 Å². The molecule has 0 aromatic heterocycles. The first-order valence-corrected chi connectivity index (χ1v) is 7.13. The van der Waals surface area contributed by atoms with Crippen LogP contribution in [-0.2, 0) is 6.42 Å². The topological polar surface area (TPSA) is 98.7 Å². The van der Waals surface area contributed by atoms with Gasteiger partial charge in [-0.15, -0.1) is 0 Å². The molecule has 0 spiro atoms. The van der Waals surface area contributed by atoms with E-state index in [-0.39, 0.29) is 0 Å². The number of amides is 2. The van der Waals surface area contributed by atoms with E-state index >= 15 is 0 Å². The largest absolute Gasteiger partial charge is 0.465 e. The number of rotatable bonds is 5. The molecule has 0 saturated carbocycles. The monoisotopic (exact) mass is 308 g/mol. The van der Waals surface area contributed by atoms with Crippen LogP contribution >= 0.6 is 0 Å². The molecule has 0 aliphatic carbocycles. The summed E-state index contributed by atoms with van der Waals surface area (Å²) in [5, 5.41) is 23.3. The van der Waals surface area contributed by atoms with Gasteiger partial charge in [-0.05, 0) is 24.3 Å². The van der Waals surface area contributed by atoms with Crippen molar-refractivity contribution in [2.45, 2.75) is 45.7 Å². The molecule has 0 aliphatic rings. The van der Waals surface area contributed by atoms with Gasteiger partial charge in [0, 0.05) is 0 Å². The maximum atomic E-state index is 11.4. The Kier molecular flexibility index (Phi) is 5.41.